The number of anilines is 2. The van der Waals surface area contributed by atoms with E-state index in [0.29, 0.717) is 17.9 Å². The first-order valence-corrected chi connectivity index (χ1v) is 8.19. The van der Waals surface area contributed by atoms with E-state index >= 15 is 0 Å². The summed E-state index contributed by atoms with van der Waals surface area (Å²) in [6, 6.07) is 2.42. The third kappa shape index (κ3) is 4.53. The Bertz CT molecular complexity index is 604. The number of hydrogen-bond donors (Lipinski definition) is 1. The van der Waals surface area contributed by atoms with Gasteiger partial charge in [-0.15, -0.1) is 11.3 Å². The molecule has 0 aliphatic rings. The Morgan fingerprint density at radius 3 is 2.71 bits per heavy atom. The fourth-order valence-electron chi connectivity index (χ4n) is 1.63. The minimum atomic E-state index is 0.0171. The van der Waals surface area contributed by atoms with Gasteiger partial charge in [-0.3, -0.25) is 0 Å². The van der Waals surface area contributed by atoms with Crippen molar-refractivity contribution in [2.45, 2.75) is 26.5 Å². The van der Waals surface area contributed by atoms with E-state index in [1.165, 1.54) is 4.88 Å². The van der Waals surface area contributed by atoms with Gasteiger partial charge < -0.3 is 15.0 Å². The van der Waals surface area contributed by atoms with Gasteiger partial charge in [0.2, 0.25) is 11.9 Å². The van der Waals surface area contributed by atoms with Gasteiger partial charge in [-0.25, -0.2) is 0 Å². The fourth-order valence-corrected chi connectivity index (χ4v) is 3.14. The maximum absolute atomic E-state index is 5.57. The third-order valence-electron chi connectivity index (χ3n) is 2.52. The van der Waals surface area contributed by atoms with Crippen LogP contribution < -0.4 is 15.0 Å². The van der Waals surface area contributed by atoms with Gasteiger partial charge in [0.15, 0.2) is 0 Å². The molecular formula is C13H18BrN5OS. The first kappa shape index (κ1) is 16.0. The number of nitrogens with one attached hydrogen (secondary N) is 1. The van der Waals surface area contributed by atoms with Crippen molar-refractivity contribution in [3.05, 3.63) is 20.8 Å². The molecule has 0 fully saturated rings. The van der Waals surface area contributed by atoms with Crippen molar-refractivity contribution in [3.63, 3.8) is 0 Å². The maximum atomic E-state index is 5.57. The van der Waals surface area contributed by atoms with Crippen LogP contribution in [-0.4, -0.2) is 35.2 Å². The zero-order valence-electron chi connectivity index (χ0n) is 12.4. The molecular weight excluding hydrogens is 354 g/mol. The lowest BCUT2D eigenvalue weighted by atomic mass is 10.4. The summed E-state index contributed by atoms with van der Waals surface area (Å²) in [6.45, 7) is 4.61. The van der Waals surface area contributed by atoms with Crippen LogP contribution >= 0.6 is 27.3 Å². The molecule has 0 aliphatic carbocycles. The van der Waals surface area contributed by atoms with E-state index in [9.17, 15) is 0 Å². The molecule has 2 rings (SSSR count). The summed E-state index contributed by atoms with van der Waals surface area (Å²) in [7, 11) is 3.72. The van der Waals surface area contributed by atoms with Crippen LogP contribution in [0.15, 0.2) is 15.9 Å². The first-order chi connectivity index (χ1) is 9.97. The quantitative estimate of drug-likeness (QED) is 0.841. The summed E-state index contributed by atoms with van der Waals surface area (Å²) in [5.41, 5.74) is 0. The monoisotopic (exact) mass is 371 g/mol. The van der Waals surface area contributed by atoms with E-state index in [1.54, 1.807) is 18.4 Å². The average molecular weight is 372 g/mol. The molecule has 0 radical (unpaired) electrons. The van der Waals surface area contributed by atoms with Crippen molar-refractivity contribution in [2.24, 2.45) is 0 Å². The highest BCUT2D eigenvalue weighted by atomic mass is 79.9. The van der Waals surface area contributed by atoms with Crippen molar-refractivity contribution in [2.75, 3.05) is 24.3 Å². The summed E-state index contributed by atoms with van der Waals surface area (Å²) in [4.78, 5) is 16.1. The molecule has 0 aromatic carbocycles. The van der Waals surface area contributed by atoms with Crippen LogP contribution in [0.2, 0.25) is 0 Å². The highest BCUT2D eigenvalue weighted by Gasteiger charge is 2.13. The van der Waals surface area contributed by atoms with Crippen LogP contribution in [0.25, 0.3) is 0 Å². The first-order valence-electron chi connectivity index (χ1n) is 6.52. The summed E-state index contributed by atoms with van der Waals surface area (Å²) in [6.07, 6.45) is 0.0171. The Balaban J connectivity index is 2.20. The van der Waals surface area contributed by atoms with Crippen LogP contribution in [0.5, 0.6) is 6.01 Å². The minimum Gasteiger partial charge on any atom is -0.461 e. The second kappa shape index (κ2) is 7.04. The van der Waals surface area contributed by atoms with Crippen molar-refractivity contribution in [3.8, 4) is 6.01 Å². The van der Waals surface area contributed by atoms with Crippen molar-refractivity contribution >= 4 is 39.2 Å². The molecule has 0 aliphatic heterocycles. The van der Waals surface area contributed by atoms with E-state index in [-0.39, 0.29) is 6.10 Å². The normalized spacial score (nSPS) is 10.8. The molecule has 2 aromatic heterocycles. The van der Waals surface area contributed by atoms with Crippen molar-refractivity contribution < 1.29 is 4.74 Å². The SMILES string of the molecule is CNc1nc(OC(C)C)nc(N(C)Cc2cc(Br)cs2)n1. The summed E-state index contributed by atoms with van der Waals surface area (Å²) in [5, 5.41) is 4.99. The van der Waals surface area contributed by atoms with Crippen LogP contribution in [-0.2, 0) is 6.54 Å². The number of aromatic nitrogens is 3. The molecule has 0 bridgehead atoms. The lowest BCUT2D eigenvalue weighted by Gasteiger charge is -2.17. The van der Waals surface area contributed by atoms with Gasteiger partial charge in [-0.1, -0.05) is 0 Å². The van der Waals surface area contributed by atoms with Crippen LogP contribution in [0, 0.1) is 0 Å². The zero-order valence-corrected chi connectivity index (χ0v) is 14.8. The predicted molar refractivity (Wildman–Crippen MR) is 89.3 cm³/mol. The molecule has 0 saturated heterocycles. The molecule has 0 atom stereocenters. The standard InChI is InChI=1S/C13H18BrN5OS/c1-8(2)20-13-17-11(15-3)16-12(18-13)19(4)6-10-5-9(14)7-21-10/h5,7-8H,6H2,1-4H3,(H,15,16,17,18). The summed E-state index contributed by atoms with van der Waals surface area (Å²) < 4.78 is 6.66. The molecule has 1 N–H and O–H groups in total. The Hall–Kier alpha value is -1.41. The molecule has 0 saturated carbocycles. The van der Waals surface area contributed by atoms with Gasteiger partial charge in [0.25, 0.3) is 0 Å². The van der Waals surface area contributed by atoms with E-state index in [4.69, 9.17) is 4.74 Å². The van der Waals surface area contributed by atoms with E-state index in [2.05, 4.69) is 47.6 Å². The van der Waals surface area contributed by atoms with Gasteiger partial charge >= 0.3 is 6.01 Å². The Morgan fingerprint density at radius 2 is 2.14 bits per heavy atom. The lowest BCUT2D eigenvalue weighted by Crippen LogP contribution is -2.20. The summed E-state index contributed by atoms with van der Waals surface area (Å²) in [5.74, 6) is 1.07. The second-order valence-corrected chi connectivity index (χ2v) is 6.66. The Kier molecular flexibility index (Phi) is 5.35. The molecule has 6 nitrogen and oxygen atoms in total. The van der Waals surface area contributed by atoms with E-state index < -0.39 is 0 Å². The second-order valence-electron chi connectivity index (χ2n) is 4.75. The third-order valence-corrected chi connectivity index (χ3v) is 4.21. The molecule has 0 unspecified atom stereocenters. The van der Waals surface area contributed by atoms with Gasteiger partial charge in [0.05, 0.1) is 12.6 Å². The summed E-state index contributed by atoms with van der Waals surface area (Å²) >= 11 is 5.15. The van der Waals surface area contributed by atoms with Crippen molar-refractivity contribution in [1.82, 2.24) is 15.0 Å². The van der Waals surface area contributed by atoms with Gasteiger partial charge in [-0.05, 0) is 35.8 Å². The number of rotatable bonds is 6. The fraction of sp³-hybridized carbons (Fsp3) is 0.462. The molecule has 21 heavy (non-hydrogen) atoms. The van der Waals surface area contributed by atoms with Gasteiger partial charge in [0, 0.05) is 28.8 Å². The number of halogens is 1. The highest BCUT2D eigenvalue weighted by molar-refractivity contribution is 9.10. The number of ether oxygens (including phenoxy) is 1. The molecule has 114 valence electrons. The smallest absolute Gasteiger partial charge is 0.323 e. The highest BCUT2D eigenvalue weighted by Crippen LogP contribution is 2.23. The van der Waals surface area contributed by atoms with Gasteiger partial charge in [-0.2, -0.15) is 15.0 Å². The molecule has 2 heterocycles. The minimum absolute atomic E-state index is 0.0171. The predicted octanol–water partition coefficient (Wildman–Crippen LogP) is 3.16. The Morgan fingerprint density at radius 1 is 1.38 bits per heavy atom. The number of nitrogens with zero attached hydrogens (tertiary/aromatic N) is 4. The van der Waals surface area contributed by atoms with E-state index in [1.807, 2.05) is 25.8 Å². The van der Waals surface area contributed by atoms with Crippen LogP contribution in [0.4, 0.5) is 11.9 Å². The van der Waals surface area contributed by atoms with Crippen LogP contribution in [0.3, 0.4) is 0 Å². The van der Waals surface area contributed by atoms with Crippen LogP contribution in [0.1, 0.15) is 18.7 Å². The van der Waals surface area contributed by atoms with E-state index in [0.717, 1.165) is 11.0 Å². The molecule has 8 heteroatoms. The average Bonchev–Trinajstić information content (AvgIpc) is 2.82. The molecule has 2 aromatic rings. The molecule has 0 spiro atoms. The number of hydrogen-bond acceptors (Lipinski definition) is 7. The Labute approximate surface area is 136 Å². The maximum Gasteiger partial charge on any atom is 0.323 e. The molecule has 0 amide bonds. The zero-order chi connectivity index (χ0) is 15.4. The lowest BCUT2D eigenvalue weighted by molar-refractivity contribution is 0.222. The topological polar surface area (TPSA) is 63.2 Å². The van der Waals surface area contributed by atoms with Gasteiger partial charge in [0.1, 0.15) is 0 Å². The number of thiophene rings is 1. The largest absolute Gasteiger partial charge is 0.461 e. The van der Waals surface area contributed by atoms with Crippen molar-refractivity contribution in [1.29, 1.82) is 0 Å².